The van der Waals surface area contributed by atoms with E-state index in [1.54, 1.807) is 4.90 Å². The summed E-state index contributed by atoms with van der Waals surface area (Å²) in [6.07, 6.45) is -4.88. The molecule has 0 aromatic heterocycles. The Kier molecular flexibility index (Phi) is 5.87. The molecular weight excluding hydrogens is 400 g/mol. The minimum Gasteiger partial charge on any atom is -0.338 e. The van der Waals surface area contributed by atoms with E-state index < -0.39 is 28.9 Å². The van der Waals surface area contributed by atoms with Crippen LogP contribution in [0.1, 0.15) is 35.3 Å². The van der Waals surface area contributed by atoms with E-state index in [0.29, 0.717) is 12.1 Å². The molecule has 2 aromatic rings. The fourth-order valence-corrected chi connectivity index (χ4v) is 3.54. The summed E-state index contributed by atoms with van der Waals surface area (Å²) >= 11 is 0. The second kappa shape index (κ2) is 8.08. The smallest absolute Gasteiger partial charge is 0.338 e. The summed E-state index contributed by atoms with van der Waals surface area (Å²) in [6.45, 7) is 4.59. The molecule has 0 atom stereocenters. The number of amides is 2. The highest BCUT2D eigenvalue weighted by molar-refractivity contribution is 5.95. The molecule has 0 spiro atoms. The molecule has 2 amide bonds. The number of carbonyl (C=O) groups excluding carboxylic acids is 2. The third-order valence-electron chi connectivity index (χ3n) is 5.40. The fourth-order valence-electron chi connectivity index (χ4n) is 3.54. The third kappa shape index (κ3) is 4.32. The van der Waals surface area contributed by atoms with Gasteiger partial charge in [0.2, 0.25) is 5.91 Å². The van der Waals surface area contributed by atoms with Crippen molar-refractivity contribution >= 4 is 11.8 Å². The van der Waals surface area contributed by atoms with Crippen molar-refractivity contribution in [3.63, 3.8) is 0 Å². The summed E-state index contributed by atoms with van der Waals surface area (Å²) in [5.41, 5.74) is -1.56. The van der Waals surface area contributed by atoms with Gasteiger partial charge in [0.15, 0.2) is 0 Å². The van der Waals surface area contributed by atoms with Gasteiger partial charge in [-0.25, -0.2) is 4.39 Å². The van der Waals surface area contributed by atoms with Gasteiger partial charge in [0.05, 0.1) is 11.0 Å². The summed E-state index contributed by atoms with van der Waals surface area (Å²) in [6, 6.07) is 11.6. The van der Waals surface area contributed by atoms with E-state index in [4.69, 9.17) is 0 Å². The van der Waals surface area contributed by atoms with Gasteiger partial charge >= 0.3 is 6.18 Å². The Bertz CT molecular complexity index is 934. The summed E-state index contributed by atoms with van der Waals surface area (Å²) in [7, 11) is 0. The van der Waals surface area contributed by atoms with E-state index in [9.17, 15) is 27.2 Å². The van der Waals surface area contributed by atoms with E-state index in [1.807, 2.05) is 44.2 Å². The first-order valence-electron chi connectivity index (χ1n) is 9.53. The Hall–Kier alpha value is -2.90. The molecule has 30 heavy (non-hydrogen) atoms. The van der Waals surface area contributed by atoms with Gasteiger partial charge in [-0.3, -0.25) is 9.59 Å². The van der Waals surface area contributed by atoms with Gasteiger partial charge in [0.1, 0.15) is 5.82 Å². The quantitative estimate of drug-likeness (QED) is 0.699. The lowest BCUT2D eigenvalue weighted by molar-refractivity contribution is -0.140. The molecule has 1 heterocycles. The number of benzene rings is 2. The first-order chi connectivity index (χ1) is 14.0. The molecule has 3 rings (SSSR count). The van der Waals surface area contributed by atoms with Gasteiger partial charge in [0.25, 0.3) is 5.91 Å². The maximum absolute atomic E-state index is 13.5. The van der Waals surface area contributed by atoms with Crippen molar-refractivity contribution in [1.29, 1.82) is 0 Å². The zero-order chi connectivity index (χ0) is 22.1. The molecule has 1 fully saturated rings. The number of piperazine rings is 1. The number of carbonyl (C=O) groups is 2. The maximum Gasteiger partial charge on any atom is 0.419 e. The molecule has 0 saturated carbocycles. The van der Waals surface area contributed by atoms with Crippen LogP contribution in [0.5, 0.6) is 0 Å². The predicted octanol–water partition coefficient (Wildman–Crippen LogP) is 4.11. The third-order valence-corrected chi connectivity index (χ3v) is 5.40. The zero-order valence-corrected chi connectivity index (χ0v) is 16.7. The summed E-state index contributed by atoms with van der Waals surface area (Å²) in [5.74, 6) is -2.12. The fraction of sp³-hybridized carbons (Fsp3) is 0.364. The maximum atomic E-state index is 13.5. The summed E-state index contributed by atoms with van der Waals surface area (Å²) in [5, 5.41) is 0. The van der Waals surface area contributed by atoms with E-state index in [1.165, 1.54) is 4.90 Å². The normalized spacial score (nSPS) is 15.3. The van der Waals surface area contributed by atoms with Crippen LogP contribution in [0.3, 0.4) is 0 Å². The Labute approximate surface area is 172 Å². The zero-order valence-electron chi connectivity index (χ0n) is 16.7. The molecule has 2 aromatic carbocycles. The molecule has 1 aliphatic rings. The number of halogens is 4. The lowest BCUT2D eigenvalue weighted by Gasteiger charge is -2.38. The Morgan fingerprint density at radius 1 is 0.867 bits per heavy atom. The number of nitrogens with zero attached hydrogens (tertiary/aromatic N) is 2. The van der Waals surface area contributed by atoms with Gasteiger partial charge in [-0.2, -0.15) is 13.2 Å². The average Bonchev–Trinajstić information content (AvgIpc) is 2.73. The van der Waals surface area contributed by atoms with E-state index >= 15 is 0 Å². The Morgan fingerprint density at radius 2 is 1.43 bits per heavy atom. The first kappa shape index (κ1) is 21.8. The molecule has 0 N–H and O–H groups in total. The molecular formula is C22H22F4N2O2. The van der Waals surface area contributed by atoms with Crippen molar-refractivity contribution in [2.75, 3.05) is 26.2 Å². The van der Waals surface area contributed by atoms with E-state index in [-0.39, 0.29) is 37.6 Å². The highest BCUT2D eigenvalue weighted by Crippen LogP contribution is 2.32. The minimum atomic E-state index is -4.88. The number of hydrogen-bond acceptors (Lipinski definition) is 2. The molecule has 1 aliphatic heterocycles. The molecule has 0 unspecified atom stereocenters. The van der Waals surface area contributed by atoms with Gasteiger partial charge < -0.3 is 9.80 Å². The molecule has 0 bridgehead atoms. The van der Waals surface area contributed by atoms with Crippen LogP contribution in [0, 0.1) is 5.82 Å². The summed E-state index contributed by atoms with van der Waals surface area (Å²) in [4.78, 5) is 28.7. The second-order valence-corrected chi connectivity index (χ2v) is 7.77. The van der Waals surface area contributed by atoms with Crippen LogP contribution in [0.25, 0.3) is 0 Å². The van der Waals surface area contributed by atoms with Crippen LogP contribution in [0.4, 0.5) is 17.6 Å². The average molecular weight is 422 g/mol. The predicted molar refractivity (Wildman–Crippen MR) is 103 cm³/mol. The molecule has 4 nitrogen and oxygen atoms in total. The second-order valence-electron chi connectivity index (χ2n) is 7.77. The van der Waals surface area contributed by atoms with Gasteiger partial charge in [0, 0.05) is 31.7 Å². The Balaban J connectivity index is 1.68. The van der Waals surface area contributed by atoms with Crippen molar-refractivity contribution in [2.24, 2.45) is 0 Å². The Morgan fingerprint density at radius 3 is 2.00 bits per heavy atom. The first-order valence-corrected chi connectivity index (χ1v) is 9.53. The lowest BCUT2D eigenvalue weighted by Crippen LogP contribution is -2.54. The van der Waals surface area contributed by atoms with Crippen molar-refractivity contribution in [3.8, 4) is 0 Å². The monoisotopic (exact) mass is 422 g/mol. The largest absolute Gasteiger partial charge is 0.419 e. The molecule has 160 valence electrons. The van der Waals surface area contributed by atoms with Crippen molar-refractivity contribution in [3.05, 3.63) is 71.0 Å². The van der Waals surface area contributed by atoms with Crippen LogP contribution in [-0.2, 0) is 16.4 Å². The molecule has 0 aliphatic carbocycles. The molecule has 0 radical (unpaired) electrons. The van der Waals surface area contributed by atoms with Crippen molar-refractivity contribution < 1.29 is 27.2 Å². The topological polar surface area (TPSA) is 40.6 Å². The summed E-state index contributed by atoms with van der Waals surface area (Å²) < 4.78 is 52.2. The van der Waals surface area contributed by atoms with Crippen LogP contribution in [0.15, 0.2) is 48.5 Å². The molecule has 1 saturated heterocycles. The van der Waals surface area contributed by atoms with Crippen LogP contribution < -0.4 is 0 Å². The molecule has 8 heteroatoms. The highest BCUT2D eigenvalue weighted by Gasteiger charge is 2.37. The van der Waals surface area contributed by atoms with Crippen molar-refractivity contribution in [2.45, 2.75) is 25.4 Å². The van der Waals surface area contributed by atoms with Crippen LogP contribution in [-0.4, -0.2) is 47.8 Å². The standard InChI is InChI=1S/C22H22F4N2O2/c1-21(2,16-6-4-3-5-7-16)20(30)28-12-10-27(11-13-28)19(29)15-8-9-18(23)17(14-15)22(24,25)26/h3-9,14H,10-13H2,1-2H3. The van der Waals surface area contributed by atoms with Crippen LogP contribution in [0.2, 0.25) is 0 Å². The SMILES string of the molecule is CC(C)(C(=O)N1CCN(C(=O)c2ccc(F)c(C(F)(F)F)c2)CC1)c1ccccc1. The minimum absolute atomic E-state index is 0.0815. The van der Waals surface area contributed by atoms with Gasteiger partial charge in [-0.05, 0) is 37.6 Å². The van der Waals surface area contributed by atoms with Crippen LogP contribution >= 0.6 is 0 Å². The van der Waals surface area contributed by atoms with E-state index in [2.05, 4.69) is 0 Å². The number of rotatable bonds is 3. The lowest BCUT2D eigenvalue weighted by atomic mass is 9.83. The van der Waals surface area contributed by atoms with Gasteiger partial charge in [-0.15, -0.1) is 0 Å². The van der Waals surface area contributed by atoms with Gasteiger partial charge in [-0.1, -0.05) is 30.3 Å². The highest BCUT2D eigenvalue weighted by atomic mass is 19.4. The van der Waals surface area contributed by atoms with E-state index in [0.717, 1.165) is 11.6 Å². The number of alkyl halides is 3. The number of hydrogen-bond donors (Lipinski definition) is 0. The van der Waals surface area contributed by atoms with Crippen molar-refractivity contribution in [1.82, 2.24) is 9.80 Å².